The van der Waals surface area contributed by atoms with E-state index in [2.05, 4.69) is 20.3 Å². The van der Waals surface area contributed by atoms with E-state index in [0.717, 1.165) is 22.2 Å². The summed E-state index contributed by atoms with van der Waals surface area (Å²) < 4.78 is 0. The lowest BCUT2D eigenvalue weighted by atomic mass is 10.1. The zero-order chi connectivity index (χ0) is 12.5. The van der Waals surface area contributed by atoms with Crippen molar-refractivity contribution >= 4 is 28.5 Å². The van der Waals surface area contributed by atoms with Crippen LogP contribution < -0.4 is 5.32 Å². The van der Waals surface area contributed by atoms with Crippen LogP contribution in [-0.4, -0.2) is 22.0 Å². The number of hydrogen-bond acceptors (Lipinski definition) is 3. The third-order valence-electron chi connectivity index (χ3n) is 2.81. The number of benzene rings is 1. The Morgan fingerprint density at radius 2 is 2.11 bits per heavy atom. The normalized spacial score (nSPS) is 10.8. The zero-order valence-corrected chi connectivity index (χ0v) is 10.5. The number of H-pyrrole nitrogens is 1. The summed E-state index contributed by atoms with van der Waals surface area (Å²) in [5, 5.41) is 4.55. The monoisotopic (exact) mass is 258 g/mol. The van der Waals surface area contributed by atoms with E-state index in [1.165, 1.54) is 0 Å². The Labute approximate surface area is 109 Å². The average Bonchev–Trinajstić information content (AvgIpc) is 2.83. The quantitative estimate of drug-likeness (QED) is 0.741. The summed E-state index contributed by atoms with van der Waals surface area (Å²) in [5.74, 6) is 0.555. The van der Waals surface area contributed by atoms with Crippen LogP contribution in [0.25, 0.3) is 22.2 Å². The molecule has 2 aromatic heterocycles. The van der Waals surface area contributed by atoms with Gasteiger partial charge in [0, 0.05) is 29.7 Å². The van der Waals surface area contributed by atoms with Gasteiger partial charge in [0.15, 0.2) is 0 Å². The van der Waals surface area contributed by atoms with E-state index < -0.39 is 0 Å². The van der Waals surface area contributed by atoms with E-state index in [9.17, 15) is 0 Å². The summed E-state index contributed by atoms with van der Waals surface area (Å²) >= 11 is 6.18. The van der Waals surface area contributed by atoms with Gasteiger partial charge in [-0.25, -0.2) is 9.97 Å². The lowest BCUT2D eigenvalue weighted by molar-refractivity contribution is 1.16. The Kier molecular flexibility index (Phi) is 2.64. The van der Waals surface area contributed by atoms with Gasteiger partial charge < -0.3 is 10.3 Å². The molecule has 0 saturated carbocycles. The van der Waals surface area contributed by atoms with Crippen molar-refractivity contribution in [1.29, 1.82) is 0 Å². The maximum absolute atomic E-state index is 6.18. The molecule has 0 spiro atoms. The molecule has 1 aromatic carbocycles. The first-order valence-corrected chi connectivity index (χ1v) is 5.94. The molecule has 0 aliphatic heterocycles. The van der Waals surface area contributed by atoms with Crippen molar-refractivity contribution < 1.29 is 0 Å². The molecule has 0 aliphatic carbocycles. The Hall–Kier alpha value is -2.07. The van der Waals surface area contributed by atoms with Gasteiger partial charge in [-0.3, -0.25) is 0 Å². The largest absolute Gasteiger partial charge is 0.360 e. The number of aromatic nitrogens is 3. The van der Waals surface area contributed by atoms with Crippen molar-refractivity contribution in [2.75, 3.05) is 12.4 Å². The van der Waals surface area contributed by atoms with Gasteiger partial charge in [-0.15, -0.1) is 0 Å². The molecule has 90 valence electrons. The summed E-state index contributed by atoms with van der Waals surface area (Å²) in [4.78, 5) is 11.7. The molecule has 3 rings (SSSR count). The molecule has 2 N–H and O–H groups in total. The van der Waals surface area contributed by atoms with Crippen LogP contribution in [0.4, 0.5) is 5.95 Å². The van der Waals surface area contributed by atoms with Gasteiger partial charge in [0.2, 0.25) is 5.95 Å². The van der Waals surface area contributed by atoms with E-state index in [1.54, 1.807) is 13.2 Å². The van der Waals surface area contributed by atoms with E-state index in [0.29, 0.717) is 11.0 Å². The van der Waals surface area contributed by atoms with Crippen LogP contribution in [0.5, 0.6) is 0 Å². The van der Waals surface area contributed by atoms with Crippen LogP contribution >= 0.6 is 11.6 Å². The van der Waals surface area contributed by atoms with Crippen LogP contribution in [0.15, 0.2) is 36.7 Å². The lowest BCUT2D eigenvalue weighted by Gasteiger charge is -2.04. The Bertz CT molecular complexity index is 705. The van der Waals surface area contributed by atoms with Gasteiger partial charge in [-0.2, -0.15) is 0 Å². The minimum atomic E-state index is 0.541. The van der Waals surface area contributed by atoms with E-state index in [4.69, 9.17) is 11.6 Å². The number of hydrogen-bond donors (Lipinski definition) is 2. The molecule has 4 nitrogen and oxygen atoms in total. The summed E-state index contributed by atoms with van der Waals surface area (Å²) in [6.45, 7) is 0. The van der Waals surface area contributed by atoms with Gasteiger partial charge in [-0.1, -0.05) is 29.8 Å². The maximum Gasteiger partial charge on any atom is 0.223 e. The molecule has 0 bridgehead atoms. The molecule has 0 fully saturated rings. The van der Waals surface area contributed by atoms with E-state index in [-0.39, 0.29) is 0 Å². The highest BCUT2D eigenvalue weighted by molar-refractivity contribution is 6.33. The molecule has 18 heavy (non-hydrogen) atoms. The summed E-state index contributed by atoms with van der Waals surface area (Å²) in [7, 11) is 1.78. The fraction of sp³-hybridized carbons (Fsp3) is 0.0769. The molecule has 0 saturated heterocycles. The van der Waals surface area contributed by atoms with Crippen molar-refractivity contribution in [3.63, 3.8) is 0 Å². The molecule has 0 atom stereocenters. The van der Waals surface area contributed by atoms with Crippen molar-refractivity contribution in [3.8, 4) is 11.3 Å². The van der Waals surface area contributed by atoms with Crippen LogP contribution in [0.3, 0.4) is 0 Å². The molecule has 3 aromatic rings. The predicted octanol–water partition coefficient (Wildman–Crippen LogP) is 3.32. The summed E-state index contributed by atoms with van der Waals surface area (Å²) in [6.07, 6.45) is 3.52. The van der Waals surface area contributed by atoms with Gasteiger partial charge >= 0.3 is 0 Å². The summed E-state index contributed by atoms with van der Waals surface area (Å²) in [5.41, 5.74) is 2.77. The highest BCUT2D eigenvalue weighted by Gasteiger charge is 2.11. The second-order valence-electron chi connectivity index (χ2n) is 3.89. The van der Waals surface area contributed by atoms with Crippen molar-refractivity contribution in [3.05, 3.63) is 41.7 Å². The fourth-order valence-corrected chi connectivity index (χ4v) is 2.14. The van der Waals surface area contributed by atoms with Crippen molar-refractivity contribution in [2.45, 2.75) is 0 Å². The van der Waals surface area contributed by atoms with Gasteiger partial charge in [0.05, 0.1) is 16.9 Å². The molecule has 0 radical (unpaired) electrons. The van der Waals surface area contributed by atoms with Gasteiger partial charge in [0.25, 0.3) is 0 Å². The first-order valence-electron chi connectivity index (χ1n) is 5.56. The SMILES string of the molecule is CNc1ncc(Cl)c(-c2c[nH]c3ccccc23)n1. The number of aromatic amines is 1. The fourth-order valence-electron chi connectivity index (χ4n) is 1.94. The smallest absolute Gasteiger partial charge is 0.223 e. The minimum Gasteiger partial charge on any atom is -0.360 e. The Balaban J connectivity index is 2.25. The van der Waals surface area contributed by atoms with Crippen LogP contribution in [-0.2, 0) is 0 Å². The average molecular weight is 259 g/mol. The number of anilines is 1. The molecular formula is C13H11ClN4. The summed E-state index contributed by atoms with van der Waals surface area (Å²) in [6, 6.07) is 8.04. The zero-order valence-electron chi connectivity index (χ0n) is 9.74. The minimum absolute atomic E-state index is 0.541. The predicted molar refractivity (Wildman–Crippen MR) is 73.9 cm³/mol. The first-order chi connectivity index (χ1) is 8.79. The number of rotatable bonds is 2. The lowest BCUT2D eigenvalue weighted by Crippen LogP contribution is -1.97. The Morgan fingerprint density at radius 3 is 2.94 bits per heavy atom. The molecular weight excluding hydrogens is 248 g/mol. The third-order valence-corrected chi connectivity index (χ3v) is 3.09. The third kappa shape index (κ3) is 1.71. The number of nitrogens with one attached hydrogen (secondary N) is 2. The Morgan fingerprint density at radius 1 is 1.28 bits per heavy atom. The van der Waals surface area contributed by atoms with Gasteiger partial charge in [-0.05, 0) is 6.07 Å². The molecule has 0 aliphatic rings. The first kappa shape index (κ1) is 11.0. The standard InChI is InChI=1S/C13H11ClN4/c1-15-13-17-7-10(14)12(18-13)9-6-16-11-5-3-2-4-8(9)11/h2-7,16H,1H3,(H,15,17,18). The molecule has 0 unspecified atom stereocenters. The second kappa shape index (κ2) is 4.31. The van der Waals surface area contributed by atoms with Crippen molar-refractivity contribution in [1.82, 2.24) is 15.0 Å². The highest BCUT2D eigenvalue weighted by atomic mass is 35.5. The topological polar surface area (TPSA) is 53.6 Å². The van der Waals surface area contributed by atoms with Crippen LogP contribution in [0.1, 0.15) is 0 Å². The second-order valence-corrected chi connectivity index (χ2v) is 4.30. The number of fused-ring (bicyclic) bond motifs is 1. The maximum atomic E-state index is 6.18. The molecule has 5 heteroatoms. The van der Waals surface area contributed by atoms with E-state index in [1.807, 2.05) is 30.5 Å². The van der Waals surface area contributed by atoms with Crippen molar-refractivity contribution in [2.24, 2.45) is 0 Å². The molecule has 0 amide bonds. The van der Waals surface area contributed by atoms with Gasteiger partial charge in [0.1, 0.15) is 0 Å². The van der Waals surface area contributed by atoms with E-state index >= 15 is 0 Å². The van der Waals surface area contributed by atoms with Crippen LogP contribution in [0.2, 0.25) is 5.02 Å². The number of para-hydroxylation sites is 1. The number of halogens is 1. The highest BCUT2D eigenvalue weighted by Crippen LogP contribution is 2.32. The van der Waals surface area contributed by atoms with Crippen LogP contribution in [0, 0.1) is 0 Å². The number of nitrogens with zero attached hydrogens (tertiary/aromatic N) is 2. The molecule has 2 heterocycles.